The topological polar surface area (TPSA) is 38.1 Å². The first-order valence-electron chi connectivity index (χ1n) is 9.94. The number of fused-ring (bicyclic) bond motifs is 1. The number of hydrogen-bond donors (Lipinski definition) is 0. The molecule has 30 heavy (non-hydrogen) atoms. The van der Waals surface area contributed by atoms with Crippen LogP contribution in [-0.2, 0) is 6.42 Å². The molecule has 3 aromatic carbocycles. The Morgan fingerprint density at radius 3 is 2.43 bits per heavy atom. The van der Waals surface area contributed by atoms with E-state index in [1.54, 1.807) is 23.0 Å². The van der Waals surface area contributed by atoms with E-state index in [1.807, 2.05) is 53.4 Å². The van der Waals surface area contributed by atoms with Crippen molar-refractivity contribution in [3.05, 3.63) is 102 Å². The van der Waals surface area contributed by atoms with Crippen LogP contribution in [0.1, 0.15) is 22.8 Å². The molecule has 0 aliphatic carbocycles. The largest absolute Gasteiger partial charge is 0.305 e. The van der Waals surface area contributed by atoms with E-state index in [2.05, 4.69) is 13.0 Å². The number of para-hydroxylation sites is 2. The van der Waals surface area contributed by atoms with Gasteiger partial charge in [-0.15, -0.1) is 0 Å². The normalized spacial score (nSPS) is 15.3. The van der Waals surface area contributed by atoms with Gasteiger partial charge in [0.05, 0.1) is 11.3 Å². The minimum absolute atomic E-state index is 0.0519. The maximum Gasteiger partial charge on any atom is 0.262 e. The number of carbonyl (C=O) groups is 1. The molecule has 1 unspecified atom stereocenters. The first-order valence-corrected chi connectivity index (χ1v) is 9.94. The molecule has 5 rings (SSSR count). The minimum Gasteiger partial charge on any atom is -0.305 e. The maximum atomic E-state index is 13.7. The third-order valence-electron chi connectivity index (χ3n) is 5.51. The van der Waals surface area contributed by atoms with Crippen LogP contribution in [0.5, 0.6) is 0 Å². The van der Waals surface area contributed by atoms with Crippen molar-refractivity contribution in [1.29, 1.82) is 0 Å². The Hall–Kier alpha value is -3.73. The van der Waals surface area contributed by atoms with Crippen LogP contribution in [0.2, 0.25) is 0 Å². The highest BCUT2D eigenvalue weighted by molar-refractivity contribution is 6.11. The molecule has 0 saturated carbocycles. The molecule has 0 fully saturated rings. The molecule has 1 atom stereocenters. The standard InChI is InChI=1S/C25H20FN3O/c1-17-15-19-7-5-6-10-23(19)29(17)25(30)22-16-28(21-8-3-2-4-9-21)27-24(22)18-11-13-20(26)14-12-18/h2-14,16-17H,15H2,1H3. The Kier molecular flexibility index (Phi) is 4.43. The first kappa shape index (κ1) is 18.3. The highest BCUT2D eigenvalue weighted by atomic mass is 19.1. The van der Waals surface area contributed by atoms with Crippen LogP contribution in [0.3, 0.4) is 0 Å². The second kappa shape index (κ2) is 7.26. The molecule has 1 amide bonds. The molecular weight excluding hydrogens is 377 g/mol. The lowest BCUT2D eigenvalue weighted by Crippen LogP contribution is -2.35. The van der Waals surface area contributed by atoms with Crippen molar-refractivity contribution < 1.29 is 9.18 Å². The summed E-state index contributed by atoms with van der Waals surface area (Å²) in [7, 11) is 0. The van der Waals surface area contributed by atoms with Gasteiger partial charge in [0.2, 0.25) is 0 Å². The highest BCUT2D eigenvalue weighted by Crippen LogP contribution is 2.35. The van der Waals surface area contributed by atoms with Crippen molar-refractivity contribution >= 4 is 11.6 Å². The van der Waals surface area contributed by atoms with Crippen LogP contribution < -0.4 is 4.90 Å². The number of nitrogens with zero attached hydrogens (tertiary/aromatic N) is 3. The van der Waals surface area contributed by atoms with E-state index in [0.717, 1.165) is 23.4 Å². The van der Waals surface area contributed by atoms with Gasteiger partial charge < -0.3 is 4.90 Å². The Morgan fingerprint density at radius 1 is 0.967 bits per heavy atom. The van der Waals surface area contributed by atoms with E-state index >= 15 is 0 Å². The van der Waals surface area contributed by atoms with Gasteiger partial charge in [0, 0.05) is 23.5 Å². The number of hydrogen-bond acceptors (Lipinski definition) is 2. The monoisotopic (exact) mass is 397 g/mol. The summed E-state index contributed by atoms with van der Waals surface area (Å²) in [5.74, 6) is -0.426. The molecular formula is C25H20FN3O. The SMILES string of the molecule is CC1Cc2ccccc2N1C(=O)c1cn(-c2ccccc2)nc1-c1ccc(F)cc1. The van der Waals surface area contributed by atoms with Crippen molar-refractivity contribution in [1.82, 2.24) is 9.78 Å². The number of anilines is 1. The quantitative estimate of drug-likeness (QED) is 0.472. The van der Waals surface area contributed by atoms with E-state index < -0.39 is 0 Å². The molecule has 0 spiro atoms. The molecule has 148 valence electrons. The average Bonchev–Trinajstić information content (AvgIpc) is 3.35. The Bertz CT molecular complexity index is 1210. The fourth-order valence-electron chi connectivity index (χ4n) is 4.07. The maximum absolute atomic E-state index is 13.7. The number of carbonyl (C=O) groups excluding carboxylic acids is 1. The summed E-state index contributed by atoms with van der Waals surface area (Å²) in [5, 5.41) is 4.70. The van der Waals surface area contributed by atoms with E-state index in [0.29, 0.717) is 16.8 Å². The second-order valence-electron chi connectivity index (χ2n) is 7.54. The molecule has 5 heteroatoms. The van der Waals surface area contributed by atoms with Crippen molar-refractivity contribution in [3.63, 3.8) is 0 Å². The molecule has 4 aromatic rings. The lowest BCUT2D eigenvalue weighted by Gasteiger charge is -2.22. The number of halogens is 1. The number of rotatable bonds is 3. The summed E-state index contributed by atoms with van der Waals surface area (Å²) in [4.78, 5) is 15.6. The molecule has 1 aromatic heterocycles. The van der Waals surface area contributed by atoms with E-state index in [1.165, 1.54) is 12.1 Å². The Labute approximate surface area is 174 Å². The fourth-order valence-corrected chi connectivity index (χ4v) is 4.07. The molecule has 0 N–H and O–H groups in total. The molecule has 0 radical (unpaired) electrons. The van der Waals surface area contributed by atoms with Crippen molar-refractivity contribution in [3.8, 4) is 16.9 Å². The van der Waals surface area contributed by atoms with E-state index in [9.17, 15) is 9.18 Å². The molecule has 4 nitrogen and oxygen atoms in total. The minimum atomic E-state index is -0.323. The second-order valence-corrected chi connectivity index (χ2v) is 7.54. The van der Waals surface area contributed by atoms with Gasteiger partial charge in [0.15, 0.2) is 0 Å². The molecule has 1 aliphatic rings. The lowest BCUT2D eigenvalue weighted by molar-refractivity contribution is 0.0982. The number of amides is 1. The summed E-state index contributed by atoms with van der Waals surface area (Å²) in [6.45, 7) is 2.05. The zero-order valence-corrected chi connectivity index (χ0v) is 16.5. The van der Waals surface area contributed by atoms with Crippen LogP contribution in [0.25, 0.3) is 16.9 Å². The summed E-state index contributed by atoms with van der Waals surface area (Å²) in [6.07, 6.45) is 2.59. The molecule has 1 aliphatic heterocycles. The predicted octanol–water partition coefficient (Wildman–Crippen LogP) is 5.27. The Morgan fingerprint density at radius 2 is 1.67 bits per heavy atom. The zero-order valence-electron chi connectivity index (χ0n) is 16.5. The van der Waals surface area contributed by atoms with Crippen molar-refractivity contribution in [2.24, 2.45) is 0 Å². The summed E-state index contributed by atoms with van der Waals surface area (Å²) in [5.41, 5.74) is 4.70. The van der Waals surface area contributed by atoms with Gasteiger partial charge in [-0.25, -0.2) is 9.07 Å². The van der Waals surface area contributed by atoms with Gasteiger partial charge >= 0.3 is 0 Å². The Balaban J connectivity index is 1.64. The van der Waals surface area contributed by atoms with Gasteiger partial charge in [0.25, 0.3) is 5.91 Å². The van der Waals surface area contributed by atoms with Gasteiger partial charge in [-0.05, 0) is 61.4 Å². The number of benzene rings is 3. The third-order valence-corrected chi connectivity index (χ3v) is 5.51. The summed E-state index contributed by atoms with van der Waals surface area (Å²) < 4.78 is 15.2. The van der Waals surface area contributed by atoms with E-state index in [4.69, 9.17) is 5.10 Å². The van der Waals surface area contributed by atoms with Crippen LogP contribution in [0.4, 0.5) is 10.1 Å². The highest BCUT2D eigenvalue weighted by Gasteiger charge is 2.33. The van der Waals surface area contributed by atoms with Crippen LogP contribution in [-0.4, -0.2) is 21.7 Å². The summed E-state index contributed by atoms with van der Waals surface area (Å²) in [6, 6.07) is 23.8. The predicted molar refractivity (Wildman–Crippen MR) is 115 cm³/mol. The molecule has 0 saturated heterocycles. The molecule has 2 heterocycles. The number of aromatic nitrogens is 2. The van der Waals surface area contributed by atoms with Crippen LogP contribution >= 0.6 is 0 Å². The third kappa shape index (κ3) is 3.08. The first-order chi connectivity index (χ1) is 14.6. The van der Waals surface area contributed by atoms with Crippen molar-refractivity contribution in [2.75, 3.05) is 4.90 Å². The van der Waals surface area contributed by atoms with Gasteiger partial charge in [0.1, 0.15) is 11.5 Å². The summed E-state index contributed by atoms with van der Waals surface area (Å²) >= 11 is 0. The van der Waals surface area contributed by atoms with Gasteiger partial charge in [-0.1, -0.05) is 36.4 Å². The van der Waals surface area contributed by atoms with Crippen LogP contribution in [0, 0.1) is 5.82 Å². The van der Waals surface area contributed by atoms with Gasteiger partial charge in [-0.3, -0.25) is 4.79 Å². The van der Waals surface area contributed by atoms with Crippen LogP contribution in [0.15, 0.2) is 85.1 Å². The average molecular weight is 397 g/mol. The lowest BCUT2D eigenvalue weighted by atomic mass is 10.1. The smallest absolute Gasteiger partial charge is 0.262 e. The van der Waals surface area contributed by atoms with Crippen molar-refractivity contribution in [2.45, 2.75) is 19.4 Å². The molecule has 0 bridgehead atoms. The van der Waals surface area contributed by atoms with E-state index in [-0.39, 0.29) is 17.8 Å². The fraction of sp³-hybridized carbons (Fsp3) is 0.120. The zero-order chi connectivity index (χ0) is 20.7. The van der Waals surface area contributed by atoms with Gasteiger partial charge in [-0.2, -0.15) is 5.10 Å².